The summed E-state index contributed by atoms with van der Waals surface area (Å²) < 4.78 is 44.4. The number of hydrogen-bond donors (Lipinski definition) is 0. The third-order valence-corrected chi connectivity index (χ3v) is 6.93. The average molecular weight is 577 g/mol. The van der Waals surface area contributed by atoms with Crippen molar-refractivity contribution < 1.29 is 37.1 Å². The lowest BCUT2D eigenvalue weighted by atomic mass is 10.1. The number of oxime groups is 1. The molecule has 8 nitrogen and oxygen atoms in total. The van der Waals surface area contributed by atoms with Crippen molar-refractivity contribution in [1.82, 2.24) is 0 Å². The van der Waals surface area contributed by atoms with E-state index in [-0.39, 0.29) is 29.6 Å². The zero-order chi connectivity index (χ0) is 29.6. The molecule has 10 heteroatoms. The maximum Gasteiger partial charge on any atom is 0.342 e. The van der Waals surface area contributed by atoms with Gasteiger partial charge in [0.25, 0.3) is 5.91 Å². The van der Waals surface area contributed by atoms with Crippen LogP contribution in [0.5, 0.6) is 5.75 Å². The summed E-state index contributed by atoms with van der Waals surface area (Å²) in [4.78, 5) is 32.0. The Labute approximate surface area is 241 Å². The first-order valence-corrected chi connectivity index (χ1v) is 13.8. The summed E-state index contributed by atoms with van der Waals surface area (Å²) in [6.45, 7) is 2.86. The van der Waals surface area contributed by atoms with Gasteiger partial charge in [-0.15, -0.1) is 0 Å². The second-order valence-corrected chi connectivity index (χ2v) is 9.69. The summed E-state index contributed by atoms with van der Waals surface area (Å²) in [5, 5.41) is 4.35. The van der Waals surface area contributed by atoms with Crippen LogP contribution in [0.25, 0.3) is 22.3 Å². The van der Waals surface area contributed by atoms with Gasteiger partial charge in [0.2, 0.25) is 0 Å². The molecule has 0 bridgehead atoms. The number of ether oxygens (including phenoxy) is 2. The lowest BCUT2D eigenvalue weighted by Gasteiger charge is -2.16. The number of halogens is 2. The summed E-state index contributed by atoms with van der Waals surface area (Å²) in [6.07, 6.45) is 3.25. The van der Waals surface area contributed by atoms with Gasteiger partial charge in [-0.1, -0.05) is 18.0 Å². The minimum atomic E-state index is -0.530. The minimum Gasteiger partial charge on any atom is -0.494 e. The Morgan fingerprint density at radius 3 is 2.48 bits per heavy atom. The van der Waals surface area contributed by atoms with Gasteiger partial charge < -0.3 is 23.6 Å². The second-order valence-electron chi connectivity index (χ2n) is 9.69. The third kappa shape index (κ3) is 5.97. The first-order chi connectivity index (χ1) is 20.4. The fourth-order valence-corrected chi connectivity index (χ4v) is 4.98. The van der Waals surface area contributed by atoms with E-state index in [1.807, 2.05) is 0 Å². The highest BCUT2D eigenvalue weighted by Crippen LogP contribution is 2.36. The van der Waals surface area contributed by atoms with Crippen LogP contribution in [0.2, 0.25) is 0 Å². The highest BCUT2D eigenvalue weighted by atomic mass is 19.1. The molecular formula is C32H30F2N2O6. The van der Waals surface area contributed by atoms with E-state index in [4.69, 9.17) is 18.7 Å². The summed E-state index contributed by atoms with van der Waals surface area (Å²) in [6, 6.07) is 15.2. The maximum absolute atomic E-state index is 13.8. The van der Waals surface area contributed by atoms with Crippen molar-refractivity contribution in [3.8, 4) is 17.1 Å². The van der Waals surface area contributed by atoms with E-state index in [1.54, 1.807) is 48.2 Å². The Hall–Kier alpha value is -4.73. The topological polar surface area (TPSA) is 90.6 Å². The SMILES string of the molecule is CCOC(=O)c1c(-c2ccc(F)cc2)oc2ccc(OCCCCCCN3C(=O)/C(=N\OC)c4cc(F)ccc43)cc12. The molecule has 4 aromatic rings. The van der Waals surface area contributed by atoms with Crippen molar-refractivity contribution in [3.63, 3.8) is 0 Å². The normalized spacial score (nSPS) is 13.6. The van der Waals surface area contributed by atoms with Crippen LogP contribution in [0.15, 0.2) is 70.2 Å². The van der Waals surface area contributed by atoms with Crippen molar-refractivity contribution >= 4 is 34.2 Å². The average Bonchev–Trinajstić information content (AvgIpc) is 3.48. The van der Waals surface area contributed by atoms with Crippen LogP contribution in [-0.4, -0.2) is 44.5 Å². The minimum absolute atomic E-state index is 0.103. The Morgan fingerprint density at radius 2 is 1.71 bits per heavy atom. The largest absolute Gasteiger partial charge is 0.494 e. The Morgan fingerprint density at radius 1 is 0.952 bits per heavy atom. The fraction of sp³-hybridized carbons (Fsp3) is 0.281. The van der Waals surface area contributed by atoms with E-state index in [0.717, 1.165) is 25.7 Å². The van der Waals surface area contributed by atoms with Crippen LogP contribution < -0.4 is 9.64 Å². The summed E-state index contributed by atoms with van der Waals surface area (Å²) >= 11 is 0. The van der Waals surface area contributed by atoms with E-state index < -0.39 is 11.8 Å². The van der Waals surface area contributed by atoms with Crippen LogP contribution in [0.4, 0.5) is 14.5 Å². The van der Waals surface area contributed by atoms with E-state index in [0.29, 0.717) is 52.4 Å². The first-order valence-electron chi connectivity index (χ1n) is 13.8. The van der Waals surface area contributed by atoms with E-state index in [1.165, 1.54) is 31.4 Å². The molecule has 1 aromatic heterocycles. The molecule has 0 radical (unpaired) electrons. The third-order valence-electron chi connectivity index (χ3n) is 6.93. The van der Waals surface area contributed by atoms with E-state index >= 15 is 0 Å². The second kappa shape index (κ2) is 12.8. The number of unbranched alkanes of at least 4 members (excludes halogenated alkanes) is 3. The maximum atomic E-state index is 13.8. The van der Waals surface area contributed by atoms with Gasteiger partial charge in [0, 0.05) is 23.1 Å². The van der Waals surface area contributed by atoms with E-state index in [2.05, 4.69) is 5.16 Å². The zero-order valence-electron chi connectivity index (χ0n) is 23.3. The van der Waals surface area contributed by atoms with Crippen LogP contribution in [0, 0.1) is 11.6 Å². The van der Waals surface area contributed by atoms with E-state index in [9.17, 15) is 18.4 Å². The highest BCUT2D eigenvalue weighted by molar-refractivity contribution is 6.54. The molecule has 42 heavy (non-hydrogen) atoms. The quantitative estimate of drug-likeness (QED) is 0.104. The van der Waals surface area contributed by atoms with Crippen LogP contribution in [0.3, 0.4) is 0 Å². The highest BCUT2D eigenvalue weighted by Gasteiger charge is 2.34. The van der Waals surface area contributed by atoms with Crippen molar-refractivity contribution in [2.45, 2.75) is 32.6 Å². The van der Waals surface area contributed by atoms with Gasteiger partial charge >= 0.3 is 5.97 Å². The molecule has 0 N–H and O–H groups in total. The first kappa shape index (κ1) is 28.8. The molecule has 1 amide bonds. The molecule has 3 aromatic carbocycles. The number of furan rings is 1. The number of esters is 1. The molecular weight excluding hydrogens is 546 g/mol. The Bertz CT molecular complexity index is 1630. The number of anilines is 1. The molecule has 0 atom stereocenters. The number of amides is 1. The van der Waals surface area contributed by atoms with Crippen molar-refractivity contribution in [2.75, 3.05) is 31.8 Å². The van der Waals surface area contributed by atoms with Gasteiger partial charge in [-0.3, -0.25) is 4.79 Å². The van der Waals surface area contributed by atoms with Gasteiger partial charge in [0.1, 0.15) is 41.4 Å². The van der Waals surface area contributed by atoms with Crippen LogP contribution in [-0.2, 0) is 14.4 Å². The molecule has 218 valence electrons. The smallest absolute Gasteiger partial charge is 0.342 e. The summed E-state index contributed by atoms with van der Waals surface area (Å²) in [7, 11) is 1.35. The molecule has 5 rings (SSSR count). The van der Waals surface area contributed by atoms with Gasteiger partial charge in [0.05, 0.1) is 18.9 Å². The zero-order valence-corrected chi connectivity index (χ0v) is 23.3. The number of benzene rings is 3. The van der Waals surface area contributed by atoms with Crippen molar-refractivity contribution in [3.05, 3.63) is 83.4 Å². The Balaban J connectivity index is 1.17. The number of nitrogens with zero attached hydrogens (tertiary/aromatic N) is 2. The lowest BCUT2D eigenvalue weighted by Crippen LogP contribution is -2.31. The standard InChI is InChI=1S/C32H30F2N2O6/c1-3-40-32(38)28-25-19-23(13-15-27(25)42-30(28)20-8-10-21(33)11-9-20)41-17-7-5-4-6-16-36-26-14-12-22(34)18-24(26)29(31(36)37)35-39-2/h8-15,18-19H,3-7,16-17H2,1-2H3/b35-29-. The lowest BCUT2D eigenvalue weighted by molar-refractivity contribution is -0.112. The van der Waals surface area contributed by atoms with Crippen molar-refractivity contribution in [2.24, 2.45) is 5.16 Å². The molecule has 0 unspecified atom stereocenters. The van der Waals surface area contributed by atoms with Gasteiger partial charge in [-0.25, -0.2) is 13.6 Å². The number of fused-ring (bicyclic) bond motifs is 2. The predicted molar refractivity (Wildman–Crippen MR) is 154 cm³/mol. The molecule has 0 fully saturated rings. The van der Waals surface area contributed by atoms with Crippen LogP contribution >= 0.6 is 0 Å². The predicted octanol–water partition coefficient (Wildman–Crippen LogP) is 6.89. The number of hydrogen-bond acceptors (Lipinski definition) is 7. The summed E-state index contributed by atoms with van der Waals surface area (Å²) in [5.74, 6) is -0.774. The fourth-order valence-electron chi connectivity index (χ4n) is 4.98. The number of rotatable bonds is 12. The number of carbonyl (C=O) groups is 2. The van der Waals surface area contributed by atoms with Gasteiger partial charge in [-0.05, 0) is 80.4 Å². The van der Waals surface area contributed by atoms with Gasteiger partial charge in [-0.2, -0.15) is 0 Å². The van der Waals surface area contributed by atoms with Crippen LogP contribution in [0.1, 0.15) is 48.5 Å². The Kier molecular flexibility index (Phi) is 8.80. The summed E-state index contributed by atoms with van der Waals surface area (Å²) in [5.41, 5.74) is 2.48. The molecule has 0 spiro atoms. The van der Waals surface area contributed by atoms with Gasteiger partial charge in [0.15, 0.2) is 5.71 Å². The molecule has 0 saturated carbocycles. The number of carbonyl (C=O) groups excluding carboxylic acids is 2. The van der Waals surface area contributed by atoms with Crippen molar-refractivity contribution in [1.29, 1.82) is 0 Å². The molecule has 1 aliphatic rings. The molecule has 1 aliphatic heterocycles. The molecule has 2 heterocycles. The molecule has 0 aliphatic carbocycles. The monoisotopic (exact) mass is 576 g/mol. The molecule has 0 saturated heterocycles.